The zero-order valence-electron chi connectivity index (χ0n) is 33.2. The van der Waals surface area contributed by atoms with Crippen molar-refractivity contribution in [3.8, 4) is 11.1 Å². The Labute approximate surface area is 398 Å². The molecule has 3 aliphatic rings. The van der Waals surface area contributed by atoms with Gasteiger partial charge in [0, 0.05) is 112 Å². The number of nitrogens with one attached hydrogen (secondary N) is 2. The molecule has 5 aromatic rings. The van der Waals surface area contributed by atoms with Gasteiger partial charge in [-0.25, -0.2) is 0 Å². The topological polar surface area (TPSA) is 41.1 Å². The molecule has 0 saturated heterocycles. The number of benzene rings is 4. The summed E-state index contributed by atoms with van der Waals surface area (Å²) in [6.07, 6.45) is 34.8. The molecule has 3 aliphatic carbocycles. The van der Waals surface area contributed by atoms with Gasteiger partial charge in [0.05, 0.1) is 0 Å². The van der Waals surface area contributed by atoms with E-state index in [-0.39, 0.29) is 93.1 Å². The minimum Gasteiger partial charge on any atom is -0.358 e. The average molecular weight is 913 g/mol. The number of hydrogen-bond acceptors (Lipinski definition) is 3. The molecule has 5 heteroatoms. The third kappa shape index (κ3) is 14.7. The van der Waals surface area contributed by atoms with E-state index in [2.05, 4.69) is 151 Å². The van der Waals surface area contributed by atoms with E-state index < -0.39 is 0 Å². The second-order valence-electron chi connectivity index (χ2n) is 12.7. The first-order valence-electron chi connectivity index (χ1n) is 18.0. The Kier molecular flexibility index (Phi) is 24.2. The van der Waals surface area contributed by atoms with E-state index in [4.69, 9.17) is 0 Å². The molecule has 0 spiro atoms. The second-order valence-corrected chi connectivity index (χ2v) is 12.7. The molecule has 2 radical (unpaired) electrons. The summed E-state index contributed by atoms with van der Waals surface area (Å²) >= 11 is 0. The van der Waals surface area contributed by atoms with Crippen molar-refractivity contribution in [2.24, 2.45) is 0 Å². The minimum atomic E-state index is 0. The van der Waals surface area contributed by atoms with E-state index in [0.29, 0.717) is 0 Å². The first-order chi connectivity index (χ1) is 26.1. The zero-order chi connectivity index (χ0) is 36.7. The maximum absolute atomic E-state index is 10.8. The number of rotatable bonds is 5. The molecule has 5 aromatic carbocycles. The molecule has 0 amide bonds. The molecule has 0 aliphatic heterocycles. The van der Waals surface area contributed by atoms with Crippen LogP contribution >= 0.6 is 0 Å². The smallest absolute Gasteiger partial charge is 0.181 e. The predicted molar refractivity (Wildman–Crippen MR) is 250 cm³/mol. The van der Waals surface area contributed by atoms with Crippen LogP contribution in [0.4, 0.5) is 11.4 Å². The SMILES string of the molecule is C.C1=CC=C(Nc2ccc3ccccc3c2-c2c(NC3=CC=CC=CC3)ccc3ccccc23)CC=C1.C=C1C=CC=CC=C1.Cc1cccccc1=O.[CH3-].[CH3-].[Y].[Y]. The van der Waals surface area contributed by atoms with Crippen LogP contribution in [-0.2, 0) is 65.4 Å². The summed E-state index contributed by atoms with van der Waals surface area (Å²) in [7, 11) is 0. The number of aryl methyl sites for hydroxylation is 1. The molecule has 8 rings (SSSR count). The van der Waals surface area contributed by atoms with Gasteiger partial charge in [0.1, 0.15) is 0 Å². The fraction of sp³-hybridized carbons (Fsp3) is 0.0755. The van der Waals surface area contributed by atoms with Gasteiger partial charge in [0.15, 0.2) is 5.43 Å². The average Bonchev–Trinajstić information content (AvgIpc) is 3.77. The monoisotopic (exact) mass is 912 g/mol. The molecule has 0 atom stereocenters. The Morgan fingerprint density at radius 3 is 1.43 bits per heavy atom. The molecule has 0 heterocycles. The largest absolute Gasteiger partial charge is 0.358 e. The van der Waals surface area contributed by atoms with Gasteiger partial charge >= 0.3 is 0 Å². The third-order valence-corrected chi connectivity index (χ3v) is 8.84. The van der Waals surface area contributed by atoms with Gasteiger partial charge in [0.2, 0.25) is 0 Å². The molecular weight excluding hydrogens is 858 g/mol. The molecule has 0 saturated carbocycles. The number of allylic oxidation sites excluding steroid dienone is 17. The number of hydrogen-bond donors (Lipinski definition) is 2. The fourth-order valence-electron chi connectivity index (χ4n) is 6.14. The van der Waals surface area contributed by atoms with Crippen LogP contribution in [-0.4, -0.2) is 0 Å². The molecule has 290 valence electrons. The van der Waals surface area contributed by atoms with Crippen molar-refractivity contribution < 1.29 is 65.4 Å². The van der Waals surface area contributed by atoms with E-state index in [1.807, 2.05) is 61.6 Å². The maximum atomic E-state index is 10.8. The molecule has 2 N–H and O–H groups in total. The van der Waals surface area contributed by atoms with E-state index in [1.54, 1.807) is 12.1 Å². The van der Waals surface area contributed by atoms with Crippen LogP contribution in [0.3, 0.4) is 0 Å². The van der Waals surface area contributed by atoms with Crippen LogP contribution in [0.25, 0.3) is 32.7 Å². The van der Waals surface area contributed by atoms with Crippen molar-refractivity contribution >= 4 is 32.9 Å². The molecule has 58 heavy (non-hydrogen) atoms. The van der Waals surface area contributed by atoms with Crippen LogP contribution in [0.5, 0.6) is 0 Å². The van der Waals surface area contributed by atoms with Gasteiger partial charge in [-0.15, -0.1) is 0 Å². The summed E-state index contributed by atoms with van der Waals surface area (Å²) in [6.45, 7) is 5.57. The summed E-state index contributed by atoms with van der Waals surface area (Å²) < 4.78 is 0. The summed E-state index contributed by atoms with van der Waals surface area (Å²) in [4.78, 5) is 10.8. The van der Waals surface area contributed by atoms with Crippen molar-refractivity contribution in [1.29, 1.82) is 0 Å². The van der Waals surface area contributed by atoms with Gasteiger partial charge in [-0.05, 0) is 70.0 Å². The summed E-state index contributed by atoms with van der Waals surface area (Å²) in [5, 5.41) is 12.5. The third-order valence-electron chi connectivity index (χ3n) is 8.84. The Bertz CT molecular complexity index is 2320. The normalized spacial score (nSPS) is 12.9. The predicted octanol–water partition coefficient (Wildman–Crippen LogP) is 14.4. The van der Waals surface area contributed by atoms with Crippen LogP contribution in [0.15, 0.2) is 229 Å². The molecule has 0 fully saturated rings. The van der Waals surface area contributed by atoms with Gasteiger partial charge in [0.25, 0.3) is 0 Å². The molecular formula is C53H54N2OY2-2. The summed E-state index contributed by atoms with van der Waals surface area (Å²) in [5.41, 5.74) is 8.93. The Hall–Kier alpha value is -4.50. The Balaban J connectivity index is 0.000000640. The Morgan fingerprint density at radius 2 is 0.931 bits per heavy atom. The van der Waals surface area contributed by atoms with Gasteiger partial charge in [-0.1, -0.05) is 184 Å². The van der Waals surface area contributed by atoms with Gasteiger partial charge < -0.3 is 25.5 Å². The second kappa shape index (κ2) is 27.2. The quantitative estimate of drug-likeness (QED) is 0.173. The first kappa shape index (κ1) is 51.5. The molecule has 0 unspecified atom stereocenters. The number of anilines is 2. The van der Waals surface area contributed by atoms with Gasteiger partial charge in [-0.3, -0.25) is 4.79 Å². The Morgan fingerprint density at radius 1 is 0.500 bits per heavy atom. The van der Waals surface area contributed by atoms with Crippen molar-refractivity contribution in [3.05, 3.63) is 255 Å². The van der Waals surface area contributed by atoms with E-state index in [9.17, 15) is 4.79 Å². The van der Waals surface area contributed by atoms with Crippen LogP contribution < -0.4 is 16.1 Å². The maximum Gasteiger partial charge on any atom is 0.181 e. The van der Waals surface area contributed by atoms with E-state index in [1.165, 1.54) is 44.1 Å². The van der Waals surface area contributed by atoms with Crippen molar-refractivity contribution in [3.63, 3.8) is 0 Å². The fourth-order valence-corrected chi connectivity index (χ4v) is 6.14. The molecule has 0 aromatic heterocycles. The number of fused-ring (bicyclic) bond motifs is 2. The van der Waals surface area contributed by atoms with Gasteiger partial charge in [-0.2, -0.15) is 0 Å². The molecule has 0 bridgehead atoms. The zero-order valence-corrected chi connectivity index (χ0v) is 38.9. The standard InChI is InChI=1S/C34H28N2.C8H8O.C8H8.CH4.2CH3.2Y/c1-2-6-16-27(15-5-1)35-31-23-21-25-13-9-11-19-29(25)33(31)34-30-20-12-10-14-26(30)22-24-32(34)36-28-17-7-3-4-8-18-28;1-7-5-3-2-4-6-8(7)9;1-8-6-4-2-3-5-7-8;;;;;/h1-15,17,19-24,35-36H,16,18H2;2-6H,1H3;2-7H,1H2;1H4;2*1H3;;/q;;;;2*-1;;. The van der Waals surface area contributed by atoms with Crippen LogP contribution in [0.2, 0.25) is 0 Å². The summed E-state index contributed by atoms with van der Waals surface area (Å²) in [5.74, 6) is 0. The van der Waals surface area contributed by atoms with Crippen molar-refractivity contribution in [1.82, 2.24) is 0 Å². The van der Waals surface area contributed by atoms with E-state index >= 15 is 0 Å². The summed E-state index contributed by atoms with van der Waals surface area (Å²) in [6, 6.07) is 35.0. The first-order valence-corrected chi connectivity index (χ1v) is 18.0. The minimum absolute atomic E-state index is 0. The van der Waals surface area contributed by atoms with Crippen LogP contribution in [0.1, 0.15) is 25.8 Å². The van der Waals surface area contributed by atoms with Crippen molar-refractivity contribution in [2.45, 2.75) is 27.2 Å². The van der Waals surface area contributed by atoms with E-state index in [0.717, 1.165) is 35.4 Å². The van der Waals surface area contributed by atoms with Crippen molar-refractivity contribution in [2.75, 3.05) is 10.6 Å². The van der Waals surface area contributed by atoms with Crippen LogP contribution in [0, 0.1) is 21.8 Å². The molecule has 3 nitrogen and oxygen atoms in total.